The van der Waals surface area contributed by atoms with Crippen LogP contribution in [0.15, 0.2) is 48.5 Å². The van der Waals surface area contributed by atoms with Crippen molar-refractivity contribution in [1.82, 2.24) is 10.2 Å². The third-order valence-electron chi connectivity index (χ3n) is 7.15. The average molecular weight is 481 g/mol. The number of methoxy groups -OCH3 is 1. The summed E-state index contributed by atoms with van der Waals surface area (Å²) in [6.07, 6.45) is -1.30. The van der Waals surface area contributed by atoms with Gasteiger partial charge in [-0.3, -0.25) is 4.79 Å². The number of carboxylic acid groups (broad SMARTS) is 1. The van der Waals surface area contributed by atoms with Crippen LogP contribution in [0.25, 0.3) is 11.1 Å². The molecule has 184 valence electrons. The maximum Gasteiger partial charge on any atom is 0.407 e. The monoisotopic (exact) mass is 480 g/mol. The molecule has 3 aliphatic rings. The summed E-state index contributed by atoms with van der Waals surface area (Å²) in [5.74, 6) is -1.62. The van der Waals surface area contributed by atoms with Gasteiger partial charge in [0.2, 0.25) is 0 Å². The molecule has 2 aliphatic heterocycles. The maximum absolute atomic E-state index is 13.1. The lowest BCUT2D eigenvalue weighted by Gasteiger charge is -2.27. The van der Waals surface area contributed by atoms with Gasteiger partial charge in [-0.15, -0.1) is 0 Å². The van der Waals surface area contributed by atoms with Crippen LogP contribution in [0, 0.1) is 0 Å². The summed E-state index contributed by atoms with van der Waals surface area (Å²) in [5, 5.41) is 12.3. The Hall–Kier alpha value is -3.43. The van der Waals surface area contributed by atoms with Crippen molar-refractivity contribution < 1.29 is 33.7 Å². The summed E-state index contributed by atoms with van der Waals surface area (Å²) in [6.45, 7) is 0.614. The highest BCUT2D eigenvalue weighted by Gasteiger charge is 2.46. The molecule has 2 aromatic carbocycles. The number of carbonyl (C=O) groups is 3. The van der Waals surface area contributed by atoms with Crippen molar-refractivity contribution in [2.45, 2.75) is 43.1 Å². The van der Waals surface area contributed by atoms with Gasteiger partial charge in [0.05, 0.1) is 12.1 Å². The third-order valence-corrected chi connectivity index (χ3v) is 7.15. The number of aliphatic carboxylic acids is 1. The van der Waals surface area contributed by atoms with Crippen LogP contribution in [0.1, 0.15) is 29.9 Å². The molecule has 35 heavy (non-hydrogen) atoms. The third kappa shape index (κ3) is 4.37. The first-order valence-electron chi connectivity index (χ1n) is 11.8. The van der Waals surface area contributed by atoms with E-state index in [1.165, 1.54) is 12.0 Å². The number of hydrogen-bond donors (Lipinski definition) is 2. The van der Waals surface area contributed by atoms with Crippen LogP contribution in [0.5, 0.6) is 0 Å². The van der Waals surface area contributed by atoms with E-state index >= 15 is 0 Å². The highest BCUT2D eigenvalue weighted by molar-refractivity contribution is 5.88. The van der Waals surface area contributed by atoms with Gasteiger partial charge in [-0.2, -0.15) is 0 Å². The SMILES string of the molecule is COC1CC(C(=O)O)N(C(=O)[C@@H]2OCC[C@@H]2NC(=O)OCC2c3ccccc3-c3ccccc32)C1. The molecule has 0 radical (unpaired) electrons. The molecule has 4 atom stereocenters. The molecule has 5 rings (SSSR count). The number of amides is 2. The molecule has 0 bridgehead atoms. The van der Waals surface area contributed by atoms with Gasteiger partial charge in [0.1, 0.15) is 12.6 Å². The van der Waals surface area contributed by atoms with Crippen molar-refractivity contribution in [1.29, 1.82) is 0 Å². The predicted octanol–water partition coefficient (Wildman–Crippen LogP) is 2.38. The Bertz CT molecular complexity index is 1090. The van der Waals surface area contributed by atoms with Crippen LogP contribution in [-0.2, 0) is 23.8 Å². The Labute approximate surface area is 203 Å². The number of likely N-dealkylation sites (tertiary alicyclic amines) is 1. The number of hydrogen-bond acceptors (Lipinski definition) is 6. The molecule has 2 aromatic rings. The lowest BCUT2D eigenvalue weighted by Crippen LogP contribution is -2.52. The molecule has 2 saturated heterocycles. The Balaban J connectivity index is 1.23. The van der Waals surface area contributed by atoms with Crippen molar-refractivity contribution in [2.75, 3.05) is 26.9 Å². The van der Waals surface area contributed by atoms with Crippen LogP contribution in [0.3, 0.4) is 0 Å². The molecule has 2 fully saturated rings. The summed E-state index contributed by atoms with van der Waals surface area (Å²) in [7, 11) is 1.49. The summed E-state index contributed by atoms with van der Waals surface area (Å²) < 4.78 is 16.5. The molecule has 9 heteroatoms. The molecule has 1 aliphatic carbocycles. The van der Waals surface area contributed by atoms with Gasteiger partial charge in [0.25, 0.3) is 5.91 Å². The van der Waals surface area contributed by atoms with E-state index in [2.05, 4.69) is 17.4 Å². The molecule has 2 N–H and O–H groups in total. The van der Waals surface area contributed by atoms with Crippen LogP contribution < -0.4 is 5.32 Å². The van der Waals surface area contributed by atoms with Gasteiger partial charge in [-0.05, 0) is 28.7 Å². The minimum absolute atomic E-state index is 0.0719. The maximum atomic E-state index is 13.1. The van der Waals surface area contributed by atoms with E-state index < -0.39 is 36.2 Å². The zero-order valence-electron chi connectivity index (χ0n) is 19.4. The Morgan fingerprint density at radius 2 is 1.74 bits per heavy atom. The number of benzene rings is 2. The fourth-order valence-corrected chi connectivity index (χ4v) is 5.38. The van der Waals surface area contributed by atoms with Gasteiger partial charge in [-0.1, -0.05) is 48.5 Å². The second kappa shape index (κ2) is 9.67. The van der Waals surface area contributed by atoms with E-state index in [0.717, 1.165) is 22.3 Å². The Morgan fingerprint density at radius 1 is 1.09 bits per heavy atom. The first-order valence-corrected chi connectivity index (χ1v) is 11.8. The normalized spacial score (nSPS) is 25.2. The van der Waals surface area contributed by atoms with Crippen LogP contribution in [0.2, 0.25) is 0 Å². The van der Waals surface area contributed by atoms with E-state index in [9.17, 15) is 19.5 Å². The number of nitrogens with zero attached hydrogens (tertiary/aromatic N) is 1. The molecule has 2 unspecified atom stereocenters. The van der Waals surface area contributed by atoms with Gasteiger partial charge in [0.15, 0.2) is 6.10 Å². The smallest absolute Gasteiger partial charge is 0.407 e. The summed E-state index contributed by atoms with van der Waals surface area (Å²) in [4.78, 5) is 38.8. The first-order chi connectivity index (χ1) is 17.0. The van der Waals surface area contributed by atoms with Crippen LogP contribution in [-0.4, -0.2) is 79.1 Å². The number of carbonyl (C=O) groups excluding carboxylic acids is 2. The van der Waals surface area contributed by atoms with Gasteiger partial charge in [0, 0.05) is 32.6 Å². The highest BCUT2D eigenvalue weighted by Crippen LogP contribution is 2.44. The van der Waals surface area contributed by atoms with Gasteiger partial charge in [-0.25, -0.2) is 9.59 Å². The standard InChI is InChI=1S/C26H28N2O7/c1-33-15-12-22(25(30)31)28(13-15)24(29)23-21(10-11-34-23)27-26(32)35-14-20-18-8-4-2-6-16(18)17-7-3-5-9-19(17)20/h2-9,15,20-23H,10-14H2,1H3,(H,27,32)(H,30,31)/t15?,21-,22?,23+/m0/s1. The summed E-state index contributed by atoms with van der Waals surface area (Å²) in [6, 6.07) is 14.6. The van der Waals surface area contributed by atoms with E-state index in [-0.39, 0.29) is 38.2 Å². The first kappa shape index (κ1) is 23.3. The van der Waals surface area contributed by atoms with Crippen molar-refractivity contribution in [3.05, 3.63) is 59.7 Å². The van der Waals surface area contributed by atoms with E-state index in [1.807, 2.05) is 36.4 Å². The molecular formula is C26H28N2O7. The van der Waals surface area contributed by atoms with E-state index in [1.54, 1.807) is 0 Å². The molecule has 0 saturated carbocycles. The summed E-state index contributed by atoms with van der Waals surface area (Å²) in [5.41, 5.74) is 4.50. The zero-order chi connectivity index (χ0) is 24.5. The zero-order valence-corrected chi connectivity index (χ0v) is 19.4. The summed E-state index contributed by atoms with van der Waals surface area (Å²) >= 11 is 0. The van der Waals surface area contributed by atoms with Crippen LogP contribution in [0.4, 0.5) is 4.79 Å². The van der Waals surface area contributed by atoms with E-state index in [0.29, 0.717) is 6.42 Å². The largest absolute Gasteiger partial charge is 0.480 e. The molecule has 0 spiro atoms. The van der Waals surface area contributed by atoms with Crippen molar-refractivity contribution in [3.8, 4) is 11.1 Å². The number of ether oxygens (including phenoxy) is 3. The lowest BCUT2D eigenvalue weighted by molar-refractivity contribution is -0.152. The molecule has 0 aromatic heterocycles. The highest BCUT2D eigenvalue weighted by atomic mass is 16.6. The Morgan fingerprint density at radius 3 is 2.37 bits per heavy atom. The quantitative estimate of drug-likeness (QED) is 0.653. The fraction of sp³-hybridized carbons (Fsp3) is 0.423. The van der Waals surface area contributed by atoms with E-state index in [4.69, 9.17) is 14.2 Å². The molecule has 2 heterocycles. The second-order valence-electron chi connectivity index (χ2n) is 9.09. The average Bonchev–Trinajstić information content (AvgIpc) is 3.58. The van der Waals surface area contributed by atoms with Crippen molar-refractivity contribution in [2.24, 2.45) is 0 Å². The number of alkyl carbamates (subject to hydrolysis) is 1. The van der Waals surface area contributed by atoms with Crippen molar-refractivity contribution >= 4 is 18.0 Å². The van der Waals surface area contributed by atoms with Crippen molar-refractivity contribution in [3.63, 3.8) is 0 Å². The molecular weight excluding hydrogens is 452 g/mol. The van der Waals surface area contributed by atoms with Gasteiger partial charge < -0.3 is 29.5 Å². The molecule has 2 amide bonds. The predicted molar refractivity (Wildman–Crippen MR) is 125 cm³/mol. The number of fused-ring (bicyclic) bond motifs is 3. The molecule has 9 nitrogen and oxygen atoms in total. The van der Waals surface area contributed by atoms with Crippen LogP contribution >= 0.6 is 0 Å². The van der Waals surface area contributed by atoms with Gasteiger partial charge >= 0.3 is 12.1 Å². The minimum atomic E-state index is -1.09. The second-order valence-corrected chi connectivity index (χ2v) is 9.09. The number of nitrogens with one attached hydrogen (secondary N) is 1. The fourth-order valence-electron chi connectivity index (χ4n) is 5.38. The number of carboxylic acids is 1. The Kier molecular flexibility index (Phi) is 6.44. The lowest BCUT2D eigenvalue weighted by atomic mass is 9.98. The topological polar surface area (TPSA) is 114 Å². The number of rotatable bonds is 6. The minimum Gasteiger partial charge on any atom is -0.480 e.